The molecule has 5 nitrogen and oxygen atoms in total. The molecule has 2 heterocycles. The molecule has 0 spiro atoms. The third-order valence-electron chi connectivity index (χ3n) is 3.97. The second-order valence-corrected chi connectivity index (χ2v) is 6.72. The Bertz CT molecular complexity index is 896. The third-order valence-corrected chi connectivity index (χ3v) is 4.64. The van der Waals surface area contributed by atoms with E-state index >= 15 is 0 Å². The van der Waals surface area contributed by atoms with Crippen molar-refractivity contribution in [3.8, 4) is 0 Å². The molecular weight excluding hydrogens is 433 g/mol. The van der Waals surface area contributed by atoms with Crippen LogP contribution >= 0.6 is 22.6 Å². The van der Waals surface area contributed by atoms with Crippen LogP contribution in [-0.2, 0) is 13.0 Å². The number of pyridine rings is 1. The van der Waals surface area contributed by atoms with E-state index in [1.165, 1.54) is 12.1 Å². The van der Waals surface area contributed by atoms with Gasteiger partial charge in [-0.2, -0.15) is 4.39 Å². The highest BCUT2D eigenvalue weighted by Gasteiger charge is 2.28. The number of aromatic nitrogens is 1. The Morgan fingerprint density at radius 2 is 2.04 bits per heavy atom. The lowest BCUT2D eigenvalue weighted by Crippen LogP contribution is -2.33. The van der Waals surface area contributed by atoms with Gasteiger partial charge >= 0.3 is 5.97 Å². The van der Waals surface area contributed by atoms with Crippen molar-refractivity contribution < 1.29 is 18.7 Å². The minimum absolute atomic E-state index is 0.0861. The predicted molar refractivity (Wildman–Crippen MR) is 93.0 cm³/mol. The quantitative estimate of drug-likeness (QED) is 0.709. The molecule has 0 fully saturated rings. The maximum Gasteiger partial charge on any atom is 0.339 e. The van der Waals surface area contributed by atoms with E-state index in [4.69, 9.17) is 0 Å². The van der Waals surface area contributed by atoms with Crippen LogP contribution in [0.2, 0.25) is 0 Å². The number of halogens is 3. The van der Waals surface area contributed by atoms with Gasteiger partial charge < -0.3 is 15.0 Å². The fraction of sp³-hybridized carbons (Fsp3) is 0.250. The number of carboxylic acid groups (broad SMARTS) is 1. The van der Waals surface area contributed by atoms with Crippen LogP contribution in [0.25, 0.3) is 0 Å². The van der Waals surface area contributed by atoms with Gasteiger partial charge in [-0.05, 0) is 60.1 Å². The van der Waals surface area contributed by atoms with Gasteiger partial charge in [-0.3, -0.25) is 4.79 Å². The van der Waals surface area contributed by atoms with Gasteiger partial charge in [0.25, 0.3) is 5.56 Å². The van der Waals surface area contributed by atoms with E-state index in [2.05, 4.69) is 5.32 Å². The number of rotatable bonds is 3. The molecule has 0 radical (unpaired) electrons. The second-order valence-electron chi connectivity index (χ2n) is 5.48. The van der Waals surface area contributed by atoms with Crippen molar-refractivity contribution in [2.45, 2.75) is 25.8 Å². The number of hydrogen-bond acceptors (Lipinski definition) is 3. The number of fused-ring (bicyclic) bond motifs is 1. The molecular formula is C16H13F2IN2O3. The van der Waals surface area contributed by atoms with Crippen molar-refractivity contribution in [3.05, 3.63) is 55.0 Å². The molecule has 126 valence electrons. The highest BCUT2D eigenvalue weighted by Crippen LogP contribution is 2.29. The Hall–Kier alpha value is -1.97. The van der Waals surface area contributed by atoms with Crippen LogP contribution in [0.1, 0.15) is 28.9 Å². The average Bonchev–Trinajstić information content (AvgIpc) is 2.54. The van der Waals surface area contributed by atoms with Gasteiger partial charge in [-0.15, -0.1) is 0 Å². The summed E-state index contributed by atoms with van der Waals surface area (Å²) < 4.78 is 30.3. The van der Waals surface area contributed by atoms with Gasteiger partial charge in [0.2, 0.25) is 5.82 Å². The second kappa shape index (κ2) is 6.50. The van der Waals surface area contributed by atoms with Crippen molar-refractivity contribution in [1.82, 2.24) is 4.57 Å². The SMILES string of the molecule is O=C(O)c1c(Nc2ccc(I)cc2F)c(F)c(=O)n2c1CCCC2. The van der Waals surface area contributed by atoms with E-state index < -0.39 is 28.9 Å². The molecule has 1 aliphatic rings. The monoisotopic (exact) mass is 446 g/mol. The van der Waals surface area contributed by atoms with Gasteiger partial charge in [0.15, 0.2) is 0 Å². The Kier molecular flexibility index (Phi) is 4.57. The smallest absolute Gasteiger partial charge is 0.339 e. The summed E-state index contributed by atoms with van der Waals surface area (Å²) in [5.41, 5.74) is -1.50. The van der Waals surface area contributed by atoms with Crippen LogP contribution in [0.4, 0.5) is 20.2 Å². The molecule has 1 aromatic heterocycles. The van der Waals surface area contributed by atoms with Gasteiger partial charge in [0, 0.05) is 15.8 Å². The number of hydrogen-bond donors (Lipinski definition) is 2. The molecule has 3 rings (SSSR count). The molecule has 0 aliphatic carbocycles. The first-order valence-corrected chi connectivity index (χ1v) is 8.38. The van der Waals surface area contributed by atoms with Gasteiger partial charge in [0.1, 0.15) is 11.4 Å². The molecule has 0 saturated heterocycles. The van der Waals surface area contributed by atoms with Crippen LogP contribution in [0.5, 0.6) is 0 Å². The van der Waals surface area contributed by atoms with Crippen molar-refractivity contribution in [1.29, 1.82) is 0 Å². The van der Waals surface area contributed by atoms with E-state index in [-0.39, 0.29) is 23.5 Å². The first-order valence-electron chi connectivity index (χ1n) is 7.30. The van der Waals surface area contributed by atoms with Gasteiger partial charge in [-0.25, -0.2) is 9.18 Å². The third kappa shape index (κ3) is 2.90. The van der Waals surface area contributed by atoms with Crippen molar-refractivity contribution in [3.63, 3.8) is 0 Å². The summed E-state index contributed by atoms with van der Waals surface area (Å²) in [6, 6.07) is 4.20. The fourth-order valence-corrected chi connectivity index (χ4v) is 3.32. The number of nitrogens with zero attached hydrogens (tertiary/aromatic N) is 1. The van der Waals surface area contributed by atoms with Crippen LogP contribution in [0, 0.1) is 15.2 Å². The largest absolute Gasteiger partial charge is 0.478 e. The summed E-state index contributed by atoms with van der Waals surface area (Å²) in [6.07, 6.45) is 1.76. The van der Waals surface area contributed by atoms with Crippen molar-refractivity contribution >= 4 is 39.9 Å². The topological polar surface area (TPSA) is 71.3 Å². The standard InChI is InChI=1S/C16H13F2IN2O3/c17-9-7-8(19)4-5-10(9)20-14-12(16(23)24)11-3-1-2-6-21(11)15(22)13(14)18/h4-5,7,20H,1-3,6H2,(H,23,24). The molecule has 2 N–H and O–H groups in total. The molecule has 0 unspecified atom stereocenters. The summed E-state index contributed by atoms with van der Waals surface area (Å²) >= 11 is 1.92. The average molecular weight is 446 g/mol. The normalized spacial score (nSPS) is 13.5. The summed E-state index contributed by atoms with van der Waals surface area (Å²) in [4.78, 5) is 23.9. The summed E-state index contributed by atoms with van der Waals surface area (Å²) in [5.74, 6) is -3.22. The number of carbonyl (C=O) groups is 1. The minimum atomic E-state index is -1.35. The van der Waals surface area contributed by atoms with Gasteiger partial charge in [0.05, 0.1) is 11.4 Å². The molecule has 0 bridgehead atoms. The highest BCUT2D eigenvalue weighted by molar-refractivity contribution is 14.1. The number of anilines is 2. The van der Waals surface area contributed by atoms with Crippen LogP contribution < -0.4 is 10.9 Å². The lowest BCUT2D eigenvalue weighted by Gasteiger charge is -2.23. The molecule has 0 saturated carbocycles. The van der Waals surface area contributed by atoms with E-state index in [9.17, 15) is 23.5 Å². The first-order chi connectivity index (χ1) is 11.4. The van der Waals surface area contributed by atoms with Crippen LogP contribution in [0.3, 0.4) is 0 Å². The highest BCUT2D eigenvalue weighted by atomic mass is 127. The van der Waals surface area contributed by atoms with Crippen molar-refractivity contribution in [2.75, 3.05) is 5.32 Å². The molecule has 24 heavy (non-hydrogen) atoms. The summed E-state index contributed by atoms with van der Waals surface area (Å²) in [6.45, 7) is 0.281. The van der Waals surface area contributed by atoms with Crippen molar-refractivity contribution in [2.24, 2.45) is 0 Å². The maximum absolute atomic E-state index is 14.5. The van der Waals surface area contributed by atoms with Crippen LogP contribution in [0.15, 0.2) is 23.0 Å². The zero-order valence-corrected chi connectivity index (χ0v) is 14.6. The Labute approximate surface area is 149 Å². The number of benzene rings is 1. The summed E-state index contributed by atoms with van der Waals surface area (Å²) in [5, 5.41) is 12.0. The van der Waals surface area contributed by atoms with E-state index in [0.29, 0.717) is 22.8 Å². The zero-order valence-electron chi connectivity index (χ0n) is 12.4. The van der Waals surface area contributed by atoms with E-state index in [1.54, 1.807) is 6.07 Å². The number of nitrogens with one attached hydrogen (secondary N) is 1. The maximum atomic E-state index is 14.5. The van der Waals surface area contributed by atoms with Crippen LogP contribution in [-0.4, -0.2) is 15.6 Å². The summed E-state index contributed by atoms with van der Waals surface area (Å²) in [7, 11) is 0. The number of carboxylic acids is 1. The molecule has 0 amide bonds. The zero-order chi connectivity index (χ0) is 17.4. The molecule has 0 atom stereocenters. The predicted octanol–water partition coefficient (Wildman–Crippen LogP) is 3.51. The fourth-order valence-electron chi connectivity index (χ4n) is 2.87. The number of aromatic carboxylic acids is 1. The molecule has 1 aromatic carbocycles. The Morgan fingerprint density at radius 3 is 2.71 bits per heavy atom. The van der Waals surface area contributed by atoms with E-state index in [0.717, 1.165) is 4.57 Å². The minimum Gasteiger partial charge on any atom is -0.478 e. The molecule has 2 aromatic rings. The first kappa shape index (κ1) is 16.9. The molecule has 1 aliphatic heterocycles. The Balaban J connectivity index is 2.21. The van der Waals surface area contributed by atoms with E-state index in [1.807, 2.05) is 22.6 Å². The Morgan fingerprint density at radius 1 is 1.29 bits per heavy atom. The lowest BCUT2D eigenvalue weighted by atomic mass is 10.0. The van der Waals surface area contributed by atoms with Gasteiger partial charge in [-0.1, -0.05) is 0 Å². The lowest BCUT2D eigenvalue weighted by molar-refractivity contribution is 0.0694. The molecule has 8 heteroatoms.